The number of fused-ring (bicyclic) bond motifs is 1. The van der Waals surface area contributed by atoms with E-state index < -0.39 is 0 Å². The number of aromatic nitrogens is 2. The zero-order chi connectivity index (χ0) is 19.6. The number of carbonyl (C=O) groups is 1. The number of allylic oxidation sites excluding steroid dienone is 1. The third kappa shape index (κ3) is 3.91. The van der Waals surface area contributed by atoms with Gasteiger partial charge in [-0.3, -0.25) is 14.2 Å². The molecule has 8 heteroatoms. The molecule has 3 aromatic rings. The maximum Gasteiger partial charge on any atom is 0.263 e. The van der Waals surface area contributed by atoms with Crippen molar-refractivity contribution in [2.75, 3.05) is 11.1 Å². The van der Waals surface area contributed by atoms with E-state index in [0.717, 1.165) is 10.4 Å². The first kappa shape index (κ1) is 19.2. The van der Waals surface area contributed by atoms with E-state index in [2.05, 4.69) is 16.9 Å². The Bertz CT molecular complexity index is 1090. The summed E-state index contributed by atoms with van der Waals surface area (Å²) >= 11 is 2.66. The molecule has 1 amide bonds. The maximum absolute atomic E-state index is 12.9. The lowest BCUT2D eigenvalue weighted by molar-refractivity contribution is -0.113. The summed E-state index contributed by atoms with van der Waals surface area (Å²) < 4.78 is 1.53. The Labute approximate surface area is 164 Å². The summed E-state index contributed by atoms with van der Waals surface area (Å²) in [6.45, 7) is 7.91. The summed E-state index contributed by atoms with van der Waals surface area (Å²) in [7, 11) is 0. The van der Waals surface area contributed by atoms with Crippen LogP contribution in [0.15, 0.2) is 46.9 Å². The number of benzene rings is 1. The van der Waals surface area contributed by atoms with Crippen molar-refractivity contribution >= 4 is 44.9 Å². The van der Waals surface area contributed by atoms with Crippen LogP contribution in [0.2, 0.25) is 0 Å². The van der Waals surface area contributed by atoms with Gasteiger partial charge in [0.05, 0.1) is 16.8 Å². The smallest absolute Gasteiger partial charge is 0.263 e. The van der Waals surface area contributed by atoms with E-state index in [1.807, 2.05) is 13.8 Å². The highest BCUT2D eigenvalue weighted by molar-refractivity contribution is 7.99. The molecule has 140 valence electrons. The standard InChI is InChI=1S/C19H19N3O3S2/c1-4-9-22-18(25)16-11(2)12(3)27-17(16)21-19(22)26-10-15(24)20-13-7-5-6-8-14(13)23/h4-8,23H,1,9-10H2,2-3H3,(H,20,24). The van der Waals surface area contributed by atoms with E-state index in [1.165, 1.54) is 33.7 Å². The number of para-hydroxylation sites is 2. The third-order valence-electron chi connectivity index (χ3n) is 4.08. The highest BCUT2D eigenvalue weighted by Gasteiger charge is 2.17. The molecule has 1 aromatic carbocycles. The number of carbonyl (C=O) groups excluding carboxylic acids is 1. The first-order chi connectivity index (χ1) is 12.9. The van der Waals surface area contributed by atoms with Crippen LogP contribution < -0.4 is 10.9 Å². The number of phenolic OH excluding ortho intramolecular Hbond substituents is 1. The Morgan fingerprint density at radius 2 is 2.15 bits per heavy atom. The van der Waals surface area contributed by atoms with Crippen molar-refractivity contribution in [2.24, 2.45) is 0 Å². The molecule has 0 aliphatic heterocycles. The lowest BCUT2D eigenvalue weighted by atomic mass is 10.2. The Morgan fingerprint density at radius 1 is 1.41 bits per heavy atom. The van der Waals surface area contributed by atoms with Crippen LogP contribution in [0, 0.1) is 13.8 Å². The Balaban J connectivity index is 1.86. The van der Waals surface area contributed by atoms with Gasteiger partial charge in [0.25, 0.3) is 5.56 Å². The topological polar surface area (TPSA) is 84.2 Å². The molecule has 0 saturated carbocycles. The fraction of sp³-hybridized carbons (Fsp3) is 0.211. The lowest BCUT2D eigenvalue weighted by Crippen LogP contribution is -2.23. The van der Waals surface area contributed by atoms with Gasteiger partial charge in [0.15, 0.2) is 5.16 Å². The van der Waals surface area contributed by atoms with E-state index in [-0.39, 0.29) is 23.0 Å². The number of hydrogen-bond donors (Lipinski definition) is 2. The van der Waals surface area contributed by atoms with Crippen LogP contribution in [0.5, 0.6) is 5.75 Å². The van der Waals surface area contributed by atoms with Crippen molar-refractivity contribution in [1.82, 2.24) is 9.55 Å². The molecule has 0 saturated heterocycles. The van der Waals surface area contributed by atoms with Crippen LogP contribution in [-0.2, 0) is 11.3 Å². The zero-order valence-corrected chi connectivity index (χ0v) is 16.6. The minimum Gasteiger partial charge on any atom is -0.506 e. The van der Waals surface area contributed by atoms with Gasteiger partial charge in [-0.15, -0.1) is 17.9 Å². The first-order valence-corrected chi connectivity index (χ1v) is 10.0. The van der Waals surface area contributed by atoms with Crippen LogP contribution >= 0.6 is 23.1 Å². The Morgan fingerprint density at radius 3 is 2.85 bits per heavy atom. The summed E-state index contributed by atoms with van der Waals surface area (Å²) in [6.07, 6.45) is 1.63. The van der Waals surface area contributed by atoms with Crippen LogP contribution in [0.1, 0.15) is 10.4 Å². The molecule has 0 atom stereocenters. The number of rotatable bonds is 6. The molecule has 0 radical (unpaired) electrons. The molecule has 0 spiro atoms. The van der Waals surface area contributed by atoms with Gasteiger partial charge in [-0.2, -0.15) is 0 Å². The largest absolute Gasteiger partial charge is 0.506 e. The molecule has 0 bridgehead atoms. The molecule has 2 N–H and O–H groups in total. The van der Waals surface area contributed by atoms with E-state index in [9.17, 15) is 14.7 Å². The summed E-state index contributed by atoms with van der Waals surface area (Å²) in [5, 5.41) is 13.5. The average molecular weight is 402 g/mol. The summed E-state index contributed by atoms with van der Waals surface area (Å²) in [4.78, 5) is 31.5. The molecular formula is C19H19N3O3S2. The molecule has 0 aliphatic carbocycles. The average Bonchev–Trinajstić information content (AvgIpc) is 2.92. The molecule has 6 nitrogen and oxygen atoms in total. The fourth-order valence-corrected chi connectivity index (χ4v) is 4.48. The highest BCUT2D eigenvalue weighted by atomic mass is 32.2. The monoisotopic (exact) mass is 401 g/mol. The number of aryl methyl sites for hydroxylation is 2. The Kier molecular flexibility index (Phi) is 5.67. The number of phenols is 1. The van der Waals surface area contributed by atoms with E-state index >= 15 is 0 Å². The number of thioether (sulfide) groups is 1. The lowest BCUT2D eigenvalue weighted by Gasteiger charge is -2.11. The van der Waals surface area contributed by atoms with E-state index in [0.29, 0.717) is 27.6 Å². The predicted molar refractivity (Wildman–Crippen MR) is 111 cm³/mol. The second kappa shape index (κ2) is 7.98. The molecule has 3 rings (SSSR count). The number of nitrogens with zero attached hydrogens (tertiary/aromatic N) is 2. The van der Waals surface area contributed by atoms with Gasteiger partial charge < -0.3 is 10.4 Å². The number of amides is 1. The second-order valence-electron chi connectivity index (χ2n) is 5.92. The van der Waals surface area contributed by atoms with Crippen molar-refractivity contribution in [2.45, 2.75) is 25.5 Å². The molecule has 27 heavy (non-hydrogen) atoms. The molecule has 2 heterocycles. The normalized spacial score (nSPS) is 10.9. The van der Waals surface area contributed by atoms with Crippen molar-refractivity contribution in [3.8, 4) is 5.75 Å². The van der Waals surface area contributed by atoms with Gasteiger partial charge in [-0.25, -0.2) is 4.98 Å². The third-order valence-corrected chi connectivity index (χ3v) is 6.15. The van der Waals surface area contributed by atoms with E-state index in [4.69, 9.17) is 0 Å². The van der Waals surface area contributed by atoms with Gasteiger partial charge in [0, 0.05) is 11.4 Å². The van der Waals surface area contributed by atoms with Gasteiger partial charge in [-0.05, 0) is 31.5 Å². The van der Waals surface area contributed by atoms with Crippen molar-refractivity contribution in [3.63, 3.8) is 0 Å². The highest BCUT2D eigenvalue weighted by Crippen LogP contribution is 2.28. The SMILES string of the molecule is C=CCn1c(SCC(=O)Nc2ccccc2O)nc2sc(C)c(C)c2c1=O. The number of thiophene rings is 1. The van der Waals surface area contributed by atoms with Crippen LogP contribution in [-0.4, -0.2) is 26.3 Å². The van der Waals surface area contributed by atoms with Crippen LogP contribution in [0.25, 0.3) is 10.2 Å². The molecule has 0 unspecified atom stereocenters. The predicted octanol–water partition coefficient (Wildman–Crippen LogP) is 3.70. The van der Waals surface area contributed by atoms with Gasteiger partial charge >= 0.3 is 0 Å². The van der Waals surface area contributed by atoms with Crippen LogP contribution in [0.3, 0.4) is 0 Å². The van der Waals surface area contributed by atoms with Crippen molar-refractivity contribution in [1.29, 1.82) is 0 Å². The van der Waals surface area contributed by atoms with Crippen molar-refractivity contribution < 1.29 is 9.90 Å². The molecule has 0 aliphatic rings. The maximum atomic E-state index is 12.9. The zero-order valence-electron chi connectivity index (χ0n) is 15.0. The van der Waals surface area contributed by atoms with Crippen LogP contribution in [0.4, 0.5) is 5.69 Å². The first-order valence-electron chi connectivity index (χ1n) is 8.24. The molecular weight excluding hydrogens is 382 g/mol. The van der Waals surface area contributed by atoms with Crippen molar-refractivity contribution in [3.05, 3.63) is 57.7 Å². The quantitative estimate of drug-likeness (QED) is 0.285. The number of hydrogen-bond acceptors (Lipinski definition) is 6. The number of aromatic hydroxyl groups is 1. The minimum absolute atomic E-state index is 0.00324. The van der Waals surface area contributed by atoms with E-state index in [1.54, 1.807) is 24.3 Å². The summed E-state index contributed by atoms with van der Waals surface area (Å²) in [5.74, 6) is -0.227. The van der Waals surface area contributed by atoms with Gasteiger partial charge in [0.1, 0.15) is 10.6 Å². The summed E-state index contributed by atoms with van der Waals surface area (Å²) in [6, 6.07) is 6.52. The van der Waals surface area contributed by atoms with Gasteiger partial charge in [0.2, 0.25) is 5.91 Å². The second-order valence-corrected chi connectivity index (χ2v) is 8.06. The molecule has 2 aromatic heterocycles. The minimum atomic E-state index is -0.292. The fourth-order valence-electron chi connectivity index (χ4n) is 2.60. The number of nitrogens with one attached hydrogen (secondary N) is 1. The number of anilines is 1. The molecule has 0 fully saturated rings. The summed E-state index contributed by atoms with van der Waals surface area (Å²) in [5.41, 5.74) is 1.17. The van der Waals surface area contributed by atoms with Gasteiger partial charge in [-0.1, -0.05) is 30.0 Å². The Hall–Kier alpha value is -2.58.